The molecule has 0 bridgehead atoms. The van der Waals surface area contributed by atoms with E-state index in [4.69, 9.17) is 11.2 Å². The van der Waals surface area contributed by atoms with Crippen LogP contribution in [0.5, 0.6) is 0 Å². The van der Waals surface area contributed by atoms with Crippen molar-refractivity contribution in [3.8, 4) is 23.5 Å². The van der Waals surface area contributed by atoms with Crippen LogP contribution in [0.1, 0.15) is 52.5 Å². The fourth-order valence-corrected chi connectivity index (χ4v) is 2.75. The summed E-state index contributed by atoms with van der Waals surface area (Å²) in [5.41, 5.74) is 0.920. The quantitative estimate of drug-likeness (QED) is 0.456. The Balaban J connectivity index is 2.38. The molecular formula is C24H27FO2. The lowest BCUT2D eigenvalue weighted by Crippen LogP contribution is -2.36. The molecule has 0 saturated carbocycles. The molecule has 0 heterocycles. The number of carbonyl (C=O) groups excluding carboxylic acids is 1. The van der Waals surface area contributed by atoms with Crippen molar-refractivity contribution in [2.75, 3.05) is 0 Å². The Morgan fingerprint density at radius 1 is 1.04 bits per heavy atom. The van der Waals surface area contributed by atoms with Gasteiger partial charge in [-0.25, -0.2) is 4.39 Å². The molecule has 0 radical (unpaired) electrons. The van der Waals surface area contributed by atoms with Crippen LogP contribution in [0.2, 0.25) is 0 Å². The Morgan fingerprint density at radius 3 is 2.00 bits per heavy atom. The van der Waals surface area contributed by atoms with Gasteiger partial charge in [0.15, 0.2) is 5.60 Å². The zero-order valence-electron chi connectivity index (χ0n) is 16.5. The highest BCUT2D eigenvalue weighted by atomic mass is 19.1. The normalized spacial score (nSPS) is 13.5. The van der Waals surface area contributed by atoms with Crippen molar-refractivity contribution in [3.63, 3.8) is 0 Å². The average molecular weight is 366 g/mol. The number of hydrogen-bond donors (Lipinski definition) is 0. The summed E-state index contributed by atoms with van der Waals surface area (Å²) >= 11 is 0. The Hall–Kier alpha value is -2.60. The molecule has 1 atom stereocenters. The molecule has 0 aliphatic rings. The van der Waals surface area contributed by atoms with E-state index < -0.39 is 11.0 Å². The first-order chi connectivity index (χ1) is 12.7. The van der Waals surface area contributed by atoms with Crippen LogP contribution in [-0.2, 0) is 15.1 Å². The van der Waals surface area contributed by atoms with E-state index in [9.17, 15) is 9.18 Å². The van der Waals surface area contributed by atoms with Crippen LogP contribution in [0.15, 0.2) is 48.5 Å². The SMILES string of the molecule is C#CC(CCCC)(OC(=O)C(C)(C)C)c1ccc(-c2ccc(F)cc2)cc1. The molecule has 2 rings (SSSR count). The monoisotopic (exact) mass is 366 g/mol. The van der Waals surface area contributed by atoms with E-state index in [0.29, 0.717) is 6.42 Å². The van der Waals surface area contributed by atoms with E-state index >= 15 is 0 Å². The lowest BCUT2D eigenvalue weighted by atomic mass is 9.87. The smallest absolute Gasteiger partial charge is 0.313 e. The highest BCUT2D eigenvalue weighted by Crippen LogP contribution is 2.35. The summed E-state index contributed by atoms with van der Waals surface area (Å²) in [4.78, 5) is 12.5. The summed E-state index contributed by atoms with van der Waals surface area (Å²) < 4.78 is 19.0. The summed E-state index contributed by atoms with van der Waals surface area (Å²) in [7, 11) is 0. The summed E-state index contributed by atoms with van der Waals surface area (Å²) in [6.45, 7) is 7.51. The summed E-state index contributed by atoms with van der Waals surface area (Å²) in [5, 5.41) is 0. The predicted molar refractivity (Wildman–Crippen MR) is 107 cm³/mol. The van der Waals surface area contributed by atoms with Crippen molar-refractivity contribution < 1.29 is 13.9 Å². The lowest BCUT2D eigenvalue weighted by Gasteiger charge is -2.32. The van der Waals surface area contributed by atoms with Gasteiger partial charge >= 0.3 is 5.97 Å². The number of esters is 1. The first-order valence-corrected chi connectivity index (χ1v) is 9.29. The third-order valence-corrected chi connectivity index (χ3v) is 4.52. The molecule has 0 aliphatic heterocycles. The highest BCUT2D eigenvalue weighted by Gasteiger charge is 2.37. The predicted octanol–water partition coefficient (Wildman–Crippen LogP) is 6.10. The minimum absolute atomic E-state index is 0.268. The molecule has 0 fully saturated rings. The molecule has 3 heteroatoms. The van der Waals surface area contributed by atoms with E-state index in [1.54, 1.807) is 12.1 Å². The van der Waals surface area contributed by atoms with Crippen LogP contribution in [0, 0.1) is 23.6 Å². The molecule has 2 aromatic carbocycles. The van der Waals surface area contributed by atoms with Crippen molar-refractivity contribution >= 4 is 5.97 Å². The number of halogens is 1. The van der Waals surface area contributed by atoms with Crippen LogP contribution in [0.25, 0.3) is 11.1 Å². The van der Waals surface area contributed by atoms with Crippen molar-refractivity contribution in [2.24, 2.45) is 5.41 Å². The van der Waals surface area contributed by atoms with Crippen LogP contribution in [0.4, 0.5) is 4.39 Å². The minimum atomic E-state index is -1.08. The Kier molecular flexibility index (Phi) is 6.44. The first kappa shape index (κ1) is 20.7. The molecule has 0 aliphatic carbocycles. The average Bonchev–Trinajstić information content (AvgIpc) is 2.65. The maximum Gasteiger partial charge on any atom is 0.313 e. The van der Waals surface area contributed by atoms with E-state index in [1.165, 1.54) is 12.1 Å². The topological polar surface area (TPSA) is 26.3 Å². The van der Waals surface area contributed by atoms with Gasteiger partial charge in [-0.15, -0.1) is 6.42 Å². The van der Waals surface area contributed by atoms with Gasteiger partial charge in [-0.2, -0.15) is 0 Å². The molecule has 27 heavy (non-hydrogen) atoms. The highest BCUT2D eigenvalue weighted by molar-refractivity contribution is 5.76. The van der Waals surface area contributed by atoms with Gasteiger partial charge in [0.25, 0.3) is 0 Å². The molecule has 0 N–H and O–H groups in total. The molecular weight excluding hydrogens is 339 g/mol. The molecule has 0 saturated heterocycles. The Bertz CT molecular complexity index is 807. The van der Waals surface area contributed by atoms with E-state index in [-0.39, 0.29) is 11.8 Å². The van der Waals surface area contributed by atoms with Gasteiger partial charge < -0.3 is 4.74 Å². The van der Waals surface area contributed by atoms with E-state index in [2.05, 4.69) is 12.8 Å². The van der Waals surface area contributed by atoms with Gasteiger partial charge in [0.05, 0.1) is 5.41 Å². The number of rotatable bonds is 6. The number of benzene rings is 2. The maximum absolute atomic E-state index is 13.1. The van der Waals surface area contributed by atoms with Gasteiger partial charge in [-0.3, -0.25) is 4.79 Å². The molecule has 2 aromatic rings. The molecule has 2 nitrogen and oxygen atoms in total. The fraction of sp³-hybridized carbons (Fsp3) is 0.375. The lowest BCUT2D eigenvalue weighted by molar-refractivity contribution is -0.165. The van der Waals surface area contributed by atoms with Crippen molar-refractivity contribution in [2.45, 2.75) is 52.6 Å². The number of unbranched alkanes of at least 4 members (excludes halogenated alkanes) is 1. The van der Waals surface area contributed by atoms with Crippen molar-refractivity contribution in [3.05, 3.63) is 59.9 Å². The molecule has 1 unspecified atom stereocenters. The molecule has 142 valence electrons. The van der Waals surface area contributed by atoms with Crippen molar-refractivity contribution in [1.29, 1.82) is 0 Å². The Morgan fingerprint density at radius 2 is 1.56 bits per heavy atom. The third kappa shape index (κ3) is 4.98. The largest absolute Gasteiger partial charge is 0.441 e. The fourth-order valence-electron chi connectivity index (χ4n) is 2.75. The number of carbonyl (C=O) groups is 1. The summed E-state index contributed by atoms with van der Waals surface area (Å²) in [6, 6.07) is 14.0. The van der Waals surface area contributed by atoms with Gasteiger partial charge in [0.2, 0.25) is 0 Å². The second-order valence-electron chi connectivity index (χ2n) is 7.80. The molecule has 0 aromatic heterocycles. The summed E-state index contributed by atoms with van der Waals surface area (Å²) in [5.74, 6) is 2.16. The second-order valence-corrected chi connectivity index (χ2v) is 7.80. The molecule has 0 spiro atoms. The van der Waals surface area contributed by atoms with Gasteiger partial charge in [0.1, 0.15) is 5.82 Å². The number of ether oxygens (including phenoxy) is 1. The van der Waals surface area contributed by atoms with Crippen LogP contribution >= 0.6 is 0 Å². The van der Waals surface area contributed by atoms with Crippen LogP contribution in [0.3, 0.4) is 0 Å². The van der Waals surface area contributed by atoms with Gasteiger partial charge in [-0.05, 0) is 50.5 Å². The van der Waals surface area contributed by atoms with E-state index in [0.717, 1.165) is 29.5 Å². The second kappa shape index (κ2) is 8.39. The maximum atomic E-state index is 13.1. The minimum Gasteiger partial charge on any atom is -0.441 e. The number of hydrogen-bond acceptors (Lipinski definition) is 2. The number of terminal acetylenes is 1. The first-order valence-electron chi connectivity index (χ1n) is 9.29. The molecule has 0 amide bonds. The third-order valence-electron chi connectivity index (χ3n) is 4.52. The Labute approximate surface area is 161 Å². The van der Waals surface area contributed by atoms with Gasteiger partial charge in [0, 0.05) is 12.0 Å². The van der Waals surface area contributed by atoms with Crippen molar-refractivity contribution in [1.82, 2.24) is 0 Å². The van der Waals surface area contributed by atoms with Crippen LogP contribution in [-0.4, -0.2) is 5.97 Å². The zero-order chi connectivity index (χ0) is 20.1. The summed E-state index contributed by atoms with van der Waals surface area (Å²) in [6.07, 6.45) is 8.23. The van der Waals surface area contributed by atoms with Gasteiger partial charge in [-0.1, -0.05) is 55.7 Å². The standard InChI is InChI=1S/C24H27FO2/c1-6-8-17-24(7-2,27-22(26)23(3,4)5)20-13-9-18(10-14-20)19-11-15-21(25)16-12-19/h2,9-16H,6,8,17H2,1,3-5H3. The zero-order valence-corrected chi connectivity index (χ0v) is 16.5. The van der Waals surface area contributed by atoms with E-state index in [1.807, 2.05) is 45.0 Å². The van der Waals surface area contributed by atoms with Crippen LogP contribution < -0.4 is 0 Å².